The van der Waals surface area contributed by atoms with Gasteiger partial charge in [-0.15, -0.1) is 0 Å². The summed E-state index contributed by atoms with van der Waals surface area (Å²) in [4.78, 5) is 14.2. The van der Waals surface area contributed by atoms with E-state index in [1.807, 2.05) is 18.7 Å². The Morgan fingerprint density at radius 2 is 1.94 bits per heavy atom. The van der Waals surface area contributed by atoms with Crippen molar-refractivity contribution in [1.29, 1.82) is 0 Å². The molecule has 0 aliphatic heterocycles. The van der Waals surface area contributed by atoms with Gasteiger partial charge in [0.1, 0.15) is 0 Å². The summed E-state index contributed by atoms with van der Waals surface area (Å²) in [6, 6.07) is 0.138. The molecule has 1 amide bonds. The van der Waals surface area contributed by atoms with Crippen LogP contribution in [0.4, 0.5) is 8.78 Å². The van der Waals surface area contributed by atoms with Crippen LogP contribution < -0.4 is 0 Å². The molecule has 0 bridgehead atoms. The number of carbonyl (C=O) groups excluding carboxylic acids is 1. The molecule has 2 nitrogen and oxygen atoms in total. The van der Waals surface area contributed by atoms with Gasteiger partial charge in [0, 0.05) is 36.7 Å². The topological polar surface area (TPSA) is 20.3 Å². The first-order valence-corrected chi connectivity index (χ1v) is 7.74. The average molecular weight is 326 g/mol. The van der Waals surface area contributed by atoms with Crippen molar-refractivity contribution in [3.63, 3.8) is 0 Å². The molecule has 18 heavy (non-hydrogen) atoms. The predicted molar refractivity (Wildman–Crippen MR) is 72.2 cm³/mol. The lowest BCUT2D eigenvalue weighted by molar-refractivity contribution is -0.141. The van der Waals surface area contributed by atoms with Crippen LogP contribution in [0.5, 0.6) is 0 Å². The molecule has 0 unspecified atom stereocenters. The van der Waals surface area contributed by atoms with Gasteiger partial charge in [-0.1, -0.05) is 15.9 Å². The van der Waals surface area contributed by atoms with Gasteiger partial charge in [-0.3, -0.25) is 4.79 Å². The number of hydrogen-bond acceptors (Lipinski definition) is 1. The zero-order chi connectivity index (χ0) is 13.8. The van der Waals surface area contributed by atoms with Crippen LogP contribution in [-0.2, 0) is 4.79 Å². The quantitative estimate of drug-likeness (QED) is 0.703. The van der Waals surface area contributed by atoms with Gasteiger partial charge in [0.15, 0.2) is 0 Å². The normalized spacial score (nSPS) is 20.1. The fourth-order valence-corrected chi connectivity index (χ4v) is 2.63. The Morgan fingerprint density at radius 1 is 1.39 bits per heavy atom. The van der Waals surface area contributed by atoms with E-state index >= 15 is 0 Å². The van der Waals surface area contributed by atoms with Crippen molar-refractivity contribution >= 4 is 21.8 Å². The molecule has 0 spiro atoms. The van der Waals surface area contributed by atoms with Crippen molar-refractivity contribution in [2.24, 2.45) is 5.92 Å². The Kier molecular flexibility index (Phi) is 6.02. The molecule has 1 rings (SSSR count). The zero-order valence-electron chi connectivity index (χ0n) is 11.1. The minimum Gasteiger partial charge on any atom is -0.340 e. The molecule has 0 aromatic heterocycles. The van der Waals surface area contributed by atoms with E-state index in [2.05, 4.69) is 15.9 Å². The SMILES string of the molecule is CC(C)N(CCCBr)C(=O)C1CCC(F)(F)CC1. The van der Waals surface area contributed by atoms with Crippen molar-refractivity contribution in [2.45, 2.75) is 57.9 Å². The standard InChI is InChI=1S/C13H22BrF2NO/c1-10(2)17(9-3-8-14)12(18)11-4-6-13(15,16)7-5-11/h10-11H,3-9H2,1-2H3. The third kappa shape index (κ3) is 4.48. The first-order valence-electron chi connectivity index (χ1n) is 6.61. The molecule has 0 radical (unpaired) electrons. The van der Waals surface area contributed by atoms with Crippen LogP contribution >= 0.6 is 15.9 Å². The van der Waals surface area contributed by atoms with Crippen molar-refractivity contribution in [3.8, 4) is 0 Å². The number of hydrogen-bond donors (Lipinski definition) is 0. The predicted octanol–water partition coefficient (Wildman–Crippen LogP) is 3.83. The molecule has 0 heterocycles. The maximum absolute atomic E-state index is 13.1. The summed E-state index contributed by atoms with van der Waals surface area (Å²) in [6.45, 7) is 4.65. The van der Waals surface area contributed by atoms with Gasteiger partial charge in [-0.05, 0) is 33.1 Å². The summed E-state index contributed by atoms with van der Waals surface area (Å²) in [6.07, 6.45) is 1.25. The van der Waals surface area contributed by atoms with Crippen molar-refractivity contribution in [3.05, 3.63) is 0 Å². The van der Waals surface area contributed by atoms with Crippen molar-refractivity contribution < 1.29 is 13.6 Å². The van der Waals surface area contributed by atoms with Gasteiger partial charge >= 0.3 is 0 Å². The molecule has 1 fully saturated rings. The Morgan fingerprint density at radius 3 is 2.39 bits per heavy atom. The van der Waals surface area contributed by atoms with Gasteiger partial charge in [0.25, 0.3) is 0 Å². The number of alkyl halides is 3. The van der Waals surface area contributed by atoms with Crippen LogP contribution in [-0.4, -0.2) is 34.6 Å². The Balaban J connectivity index is 2.56. The maximum Gasteiger partial charge on any atom is 0.248 e. The second-order valence-electron chi connectivity index (χ2n) is 5.30. The lowest BCUT2D eigenvalue weighted by Gasteiger charge is -2.34. The van der Waals surface area contributed by atoms with E-state index in [1.54, 1.807) is 0 Å². The lowest BCUT2D eigenvalue weighted by Crippen LogP contribution is -2.43. The van der Waals surface area contributed by atoms with E-state index in [9.17, 15) is 13.6 Å². The highest BCUT2D eigenvalue weighted by Gasteiger charge is 2.38. The molecule has 1 aliphatic rings. The number of rotatable bonds is 5. The van der Waals surface area contributed by atoms with E-state index in [-0.39, 0.29) is 30.7 Å². The summed E-state index contributed by atoms with van der Waals surface area (Å²) in [7, 11) is 0. The summed E-state index contributed by atoms with van der Waals surface area (Å²) in [5.74, 6) is -2.71. The first-order chi connectivity index (χ1) is 8.37. The van der Waals surface area contributed by atoms with Crippen molar-refractivity contribution in [2.75, 3.05) is 11.9 Å². The van der Waals surface area contributed by atoms with Gasteiger partial charge in [0.2, 0.25) is 11.8 Å². The van der Waals surface area contributed by atoms with Crippen LogP contribution in [0.15, 0.2) is 0 Å². The molecular formula is C13H22BrF2NO. The molecule has 106 valence electrons. The highest BCUT2D eigenvalue weighted by atomic mass is 79.9. The van der Waals surface area contributed by atoms with Crippen LogP contribution in [0.3, 0.4) is 0 Å². The summed E-state index contributed by atoms with van der Waals surface area (Å²) in [5, 5.41) is 0.853. The third-order valence-electron chi connectivity index (χ3n) is 3.51. The number of nitrogens with zero attached hydrogens (tertiary/aromatic N) is 1. The monoisotopic (exact) mass is 325 g/mol. The van der Waals surface area contributed by atoms with E-state index in [0.29, 0.717) is 19.4 Å². The van der Waals surface area contributed by atoms with Gasteiger partial charge in [0.05, 0.1) is 0 Å². The molecule has 0 N–H and O–H groups in total. The number of halogens is 3. The highest BCUT2D eigenvalue weighted by Crippen LogP contribution is 2.37. The zero-order valence-corrected chi connectivity index (χ0v) is 12.7. The number of amides is 1. The second kappa shape index (κ2) is 6.83. The Labute approximate surface area is 116 Å². The average Bonchev–Trinajstić information content (AvgIpc) is 2.28. The van der Waals surface area contributed by atoms with Gasteiger partial charge < -0.3 is 4.90 Å². The molecule has 1 saturated carbocycles. The van der Waals surface area contributed by atoms with Crippen LogP contribution in [0.25, 0.3) is 0 Å². The van der Waals surface area contributed by atoms with Gasteiger partial charge in [-0.25, -0.2) is 8.78 Å². The Hall–Kier alpha value is -0.190. The molecule has 0 aromatic carbocycles. The molecule has 0 atom stereocenters. The largest absolute Gasteiger partial charge is 0.340 e. The smallest absolute Gasteiger partial charge is 0.248 e. The summed E-state index contributed by atoms with van der Waals surface area (Å²) < 4.78 is 26.1. The number of carbonyl (C=O) groups is 1. The second-order valence-corrected chi connectivity index (χ2v) is 6.09. The summed E-state index contributed by atoms with van der Waals surface area (Å²) in [5.41, 5.74) is 0. The molecule has 0 saturated heterocycles. The van der Waals surface area contributed by atoms with Gasteiger partial charge in [-0.2, -0.15) is 0 Å². The van der Waals surface area contributed by atoms with E-state index in [0.717, 1.165) is 11.8 Å². The molecule has 1 aliphatic carbocycles. The molecular weight excluding hydrogens is 304 g/mol. The molecule has 5 heteroatoms. The van der Waals surface area contributed by atoms with E-state index in [4.69, 9.17) is 0 Å². The van der Waals surface area contributed by atoms with Crippen molar-refractivity contribution in [1.82, 2.24) is 4.90 Å². The van der Waals surface area contributed by atoms with E-state index in [1.165, 1.54) is 0 Å². The highest BCUT2D eigenvalue weighted by molar-refractivity contribution is 9.09. The molecule has 0 aromatic rings. The summed E-state index contributed by atoms with van der Waals surface area (Å²) >= 11 is 3.35. The van der Waals surface area contributed by atoms with Crippen LogP contribution in [0.2, 0.25) is 0 Å². The van der Waals surface area contributed by atoms with E-state index < -0.39 is 5.92 Å². The van der Waals surface area contributed by atoms with Crippen LogP contribution in [0.1, 0.15) is 46.0 Å². The fraction of sp³-hybridized carbons (Fsp3) is 0.923. The third-order valence-corrected chi connectivity index (χ3v) is 4.07. The van der Waals surface area contributed by atoms with Crippen LogP contribution in [0, 0.1) is 5.92 Å². The lowest BCUT2D eigenvalue weighted by atomic mass is 9.85. The minimum atomic E-state index is -2.56. The fourth-order valence-electron chi connectivity index (χ4n) is 2.37. The first kappa shape index (κ1) is 15.9. The maximum atomic E-state index is 13.1. The Bertz CT molecular complexity index is 274. The minimum absolute atomic E-state index is 0.0569.